The Labute approximate surface area is 131 Å². The second-order valence-corrected chi connectivity index (χ2v) is 6.19. The number of piperidine rings is 1. The lowest BCUT2D eigenvalue weighted by Gasteiger charge is -2.42. The van der Waals surface area contributed by atoms with Crippen molar-refractivity contribution in [3.8, 4) is 0 Å². The van der Waals surface area contributed by atoms with Gasteiger partial charge in [0.1, 0.15) is 0 Å². The highest BCUT2D eigenvalue weighted by Gasteiger charge is 2.39. The molecule has 22 heavy (non-hydrogen) atoms. The van der Waals surface area contributed by atoms with Crippen LogP contribution in [-0.4, -0.2) is 42.2 Å². The van der Waals surface area contributed by atoms with E-state index in [2.05, 4.69) is 0 Å². The number of ether oxygens (including phenoxy) is 1. The molecule has 2 aliphatic rings. The molecule has 1 unspecified atom stereocenters. The minimum atomic E-state index is -0.357. The Morgan fingerprint density at radius 2 is 2.09 bits per heavy atom. The third-order valence-corrected chi connectivity index (χ3v) is 4.70. The fraction of sp³-hybridized carbons (Fsp3) is 0.500. The minimum Gasteiger partial charge on any atom is -0.488 e. The molecule has 118 valence electrons. The van der Waals surface area contributed by atoms with E-state index in [1.54, 1.807) is 0 Å². The van der Waals surface area contributed by atoms with Crippen molar-refractivity contribution in [3.05, 3.63) is 47.7 Å². The summed E-state index contributed by atoms with van der Waals surface area (Å²) in [5, 5.41) is 10.0. The first-order chi connectivity index (χ1) is 10.7. The molecule has 0 saturated carbocycles. The molecule has 0 aromatic heterocycles. The molecule has 4 nitrogen and oxygen atoms in total. The molecule has 1 aromatic rings. The zero-order valence-electron chi connectivity index (χ0n) is 12.8. The Balaban J connectivity index is 1.81. The topological polar surface area (TPSA) is 49.8 Å². The number of likely N-dealkylation sites (tertiary alicyclic amines) is 1. The van der Waals surface area contributed by atoms with Crippen molar-refractivity contribution in [1.82, 2.24) is 4.90 Å². The number of aliphatic hydroxyl groups excluding tert-OH is 1. The van der Waals surface area contributed by atoms with Crippen molar-refractivity contribution < 1.29 is 14.6 Å². The summed E-state index contributed by atoms with van der Waals surface area (Å²) in [5.74, 6) is 0.446. The quantitative estimate of drug-likeness (QED) is 0.931. The first kappa shape index (κ1) is 15.1. The van der Waals surface area contributed by atoms with E-state index >= 15 is 0 Å². The second-order valence-electron chi connectivity index (χ2n) is 6.19. The molecule has 1 N–H and O–H groups in total. The highest BCUT2D eigenvalue weighted by molar-refractivity contribution is 5.91. The van der Waals surface area contributed by atoms with E-state index in [0.717, 1.165) is 37.8 Å². The van der Waals surface area contributed by atoms with E-state index in [9.17, 15) is 9.90 Å². The van der Waals surface area contributed by atoms with Crippen molar-refractivity contribution in [2.45, 2.75) is 31.1 Å². The number of allylic oxidation sites excluding steroid dienone is 1. The predicted octanol–water partition coefficient (Wildman–Crippen LogP) is 2.23. The van der Waals surface area contributed by atoms with Gasteiger partial charge in [-0.1, -0.05) is 30.3 Å². The molecule has 1 atom stereocenters. The van der Waals surface area contributed by atoms with Crippen LogP contribution in [-0.2, 0) is 14.9 Å². The van der Waals surface area contributed by atoms with Crippen LogP contribution in [0.2, 0.25) is 0 Å². The first-order valence-electron chi connectivity index (χ1n) is 8.04. The molecule has 2 heterocycles. The van der Waals surface area contributed by atoms with Gasteiger partial charge in [0.05, 0.1) is 13.2 Å². The van der Waals surface area contributed by atoms with E-state index in [-0.39, 0.29) is 17.9 Å². The Morgan fingerprint density at radius 1 is 1.27 bits per heavy atom. The summed E-state index contributed by atoms with van der Waals surface area (Å²) in [6, 6.07) is 10.0. The van der Waals surface area contributed by atoms with Gasteiger partial charge < -0.3 is 14.7 Å². The molecule has 4 heteroatoms. The van der Waals surface area contributed by atoms with E-state index < -0.39 is 0 Å². The molecule has 2 aliphatic heterocycles. The van der Waals surface area contributed by atoms with Gasteiger partial charge in [-0.2, -0.15) is 0 Å². The Hall–Kier alpha value is -1.81. The Morgan fingerprint density at radius 3 is 2.77 bits per heavy atom. The highest BCUT2D eigenvalue weighted by Crippen LogP contribution is 2.34. The number of hydrogen-bond acceptors (Lipinski definition) is 3. The minimum absolute atomic E-state index is 0.0341. The van der Waals surface area contributed by atoms with Crippen LogP contribution in [0, 0.1) is 0 Å². The van der Waals surface area contributed by atoms with Crippen LogP contribution in [0.25, 0.3) is 0 Å². The maximum absolute atomic E-state index is 12.6. The molecule has 1 aromatic carbocycles. The van der Waals surface area contributed by atoms with Crippen LogP contribution >= 0.6 is 0 Å². The van der Waals surface area contributed by atoms with Crippen LogP contribution in [0.4, 0.5) is 0 Å². The summed E-state index contributed by atoms with van der Waals surface area (Å²) < 4.78 is 5.51. The Kier molecular flexibility index (Phi) is 4.48. The lowest BCUT2D eigenvalue weighted by atomic mass is 9.74. The molecule has 1 amide bonds. The van der Waals surface area contributed by atoms with Crippen molar-refractivity contribution in [2.75, 3.05) is 26.3 Å². The average molecular weight is 301 g/mol. The number of nitrogens with zero attached hydrogens (tertiary/aromatic N) is 1. The van der Waals surface area contributed by atoms with Crippen LogP contribution in [0.5, 0.6) is 0 Å². The van der Waals surface area contributed by atoms with Gasteiger partial charge in [0.15, 0.2) is 5.76 Å². The van der Waals surface area contributed by atoms with Crippen molar-refractivity contribution in [2.24, 2.45) is 0 Å². The van der Waals surface area contributed by atoms with E-state index in [4.69, 9.17) is 4.74 Å². The maximum atomic E-state index is 12.6. The summed E-state index contributed by atoms with van der Waals surface area (Å²) in [7, 11) is 0. The van der Waals surface area contributed by atoms with Gasteiger partial charge >= 0.3 is 0 Å². The molecular weight excluding hydrogens is 278 g/mol. The zero-order chi connectivity index (χ0) is 15.4. The maximum Gasteiger partial charge on any atom is 0.288 e. The molecule has 0 aliphatic carbocycles. The summed E-state index contributed by atoms with van der Waals surface area (Å²) in [6.45, 7) is 1.96. The average Bonchev–Trinajstić information content (AvgIpc) is 2.62. The highest BCUT2D eigenvalue weighted by atomic mass is 16.5. The molecule has 1 saturated heterocycles. The van der Waals surface area contributed by atoms with Gasteiger partial charge in [-0.05, 0) is 37.3 Å². The van der Waals surface area contributed by atoms with E-state index in [1.165, 1.54) is 0 Å². The SMILES string of the molecule is O=C(C1=CCCCO1)N1CCCC(CO)(c2ccccc2)C1. The third-order valence-electron chi connectivity index (χ3n) is 4.70. The molecule has 0 bridgehead atoms. The van der Waals surface area contributed by atoms with Gasteiger partial charge in [0, 0.05) is 18.5 Å². The summed E-state index contributed by atoms with van der Waals surface area (Å²) in [5.41, 5.74) is 0.748. The number of rotatable bonds is 3. The molecular formula is C18H23NO3. The number of hydrogen-bond donors (Lipinski definition) is 1. The summed E-state index contributed by atoms with van der Waals surface area (Å²) >= 11 is 0. The van der Waals surface area contributed by atoms with E-state index in [1.807, 2.05) is 41.3 Å². The summed E-state index contributed by atoms with van der Waals surface area (Å²) in [4.78, 5) is 14.5. The molecule has 3 rings (SSSR count). The lowest BCUT2D eigenvalue weighted by molar-refractivity contribution is -0.133. The fourth-order valence-electron chi connectivity index (χ4n) is 3.42. The Bertz CT molecular complexity index is 555. The summed E-state index contributed by atoms with van der Waals surface area (Å²) in [6.07, 6.45) is 5.56. The number of carbonyl (C=O) groups excluding carboxylic acids is 1. The van der Waals surface area contributed by atoms with E-state index in [0.29, 0.717) is 18.9 Å². The predicted molar refractivity (Wildman–Crippen MR) is 84.3 cm³/mol. The smallest absolute Gasteiger partial charge is 0.288 e. The first-order valence-corrected chi connectivity index (χ1v) is 8.04. The van der Waals surface area contributed by atoms with Gasteiger partial charge in [-0.25, -0.2) is 0 Å². The monoisotopic (exact) mass is 301 g/mol. The number of amides is 1. The fourth-order valence-corrected chi connectivity index (χ4v) is 3.42. The molecule has 0 spiro atoms. The standard InChI is InChI=1S/C18H23NO3/c20-14-18(15-7-2-1-3-8-15)10-6-11-19(13-18)17(21)16-9-4-5-12-22-16/h1-3,7-9,20H,4-6,10-14H2. The normalized spacial score (nSPS) is 25.3. The van der Waals surface area contributed by atoms with Gasteiger partial charge in [0.25, 0.3) is 5.91 Å². The molecule has 1 fully saturated rings. The zero-order valence-corrected chi connectivity index (χ0v) is 12.8. The van der Waals surface area contributed by atoms with Gasteiger partial charge in [0.2, 0.25) is 0 Å². The van der Waals surface area contributed by atoms with Crippen molar-refractivity contribution >= 4 is 5.91 Å². The van der Waals surface area contributed by atoms with Crippen molar-refractivity contribution in [1.29, 1.82) is 0 Å². The van der Waals surface area contributed by atoms with Crippen molar-refractivity contribution in [3.63, 3.8) is 0 Å². The number of aliphatic hydroxyl groups is 1. The van der Waals surface area contributed by atoms with Gasteiger partial charge in [-0.3, -0.25) is 4.79 Å². The third kappa shape index (κ3) is 2.88. The largest absolute Gasteiger partial charge is 0.488 e. The second kappa shape index (κ2) is 6.53. The number of carbonyl (C=O) groups is 1. The van der Waals surface area contributed by atoms with Crippen LogP contribution in [0.3, 0.4) is 0 Å². The van der Waals surface area contributed by atoms with Crippen LogP contribution in [0.1, 0.15) is 31.2 Å². The number of benzene rings is 1. The molecule has 0 radical (unpaired) electrons. The van der Waals surface area contributed by atoms with Crippen LogP contribution < -0.4 is 0 Å². The van der Waals surface area contributed by atoms with Gasteiger partial charge in [-0.15, -0.1) is 0 Å². The van der Waals surface area contributed by atoms with Crippen LogP contribution in [0.15, 0.2) is 42.2 Å². The lowest BCUT2D eigenvalue weighted by Crippen LogP contribution is -2.51.